The van der Waals surface area contributed by atoms with Crippen LogP contribution in [0.3, 0.4) is 0 Å². The number of hydrogen-bond acceptors (Lipinski definition) is 4. The van der Waals surface area contributed by atoms with E-state index < -0.39 is 0 Å². The summed E-state index contributed by atoms with van der Waals surface area (Å²) in [6, 6.07) is 18.8. The summed E-state index contributed by atoms with van der Waals surface area (Å²) in [5, 5.41) is 7.74. The number of nitrogens with one attached hydrogen (secondary N) is 1. The van der Waals surface area contributed by atoms with Gasteiger partial charge in [-0.3, -0.25) is 9.48 Å². The number of halogens is 1. The Labute approximate surface area is 185 Å². The Hall–Kier alpha value is -3.51. The van der Waals surface area contributed by atoms with Crippen LogP contribution in [0.4, 0.5) is 5.69 Å². The van der Waals surface area contributed by atoms with Gasteiger partial charge in [-0.1, -0.05) is 48.9 Å². The molecule has 0 saturated carbocycles. The SMILES string of the molecule is CCc1ccc(OCc2ccc(C(=O)Nc3cnn(Cc4ccccc4Cl)c3)o2)cc1. The molecule has 0 aliphatic rings. The topological polar surface area (TPSA) is 69.3 Å². The summed E-state index contributed by atoms with van der Waals surface area (Å²) in [6.07, 6.45) is 4.31. The van der Waals surface area contributed by atoms with Gasteiger partial charge in [-0.15, -0.1) is 0 Å². The van der Waals surface area contributed by atoms with Crippen molar-refractivity contribution >= 4 is 23.2 Å². The summed E-state index contributed by atoms with van der Waals surface area (Å²) in [7, 11) is 0. The lowest BCUT2D eigenvalue weighted by molar-refractivity contribution is 0.0992. The molecule has 0 aliphatic heterocycles. The fourth-order valence-electron chi connectivity index (χ4n) is 3.06. The fraction of sp³-hybridized carbons (Fsp3) is 0.167. The van der Waals surface area contributed by atoms with Gasteiger partial charge in [0.25, 0.3) is 5.91 Å². The minimum atomic E-state index is -0.351. The molecule has 1 amide bonds. The first kappa shape index (κ1) is 20.8. The monoisotopic (exact) mass is 435 g/mol. The van der Waals surface area contributed by atoms with Crippen LogP contribution in [0, 0.1) is 0 Å². The van der Waals surface area contributed by atoms with E-state index in [-0.39, 0.29) is 18.3 Å². The second kappa shape index (κ2) is 9.53. The summed E-state index contributed by atoms with van der Waals surface area (Å²) in [5.74, 6) is 1.18. The predicted molar refractivity (Wildman–Crippen MR) is 120 cm³/mol. The van der Waals surface area contributed by atoms with Crippen LogP contribution in [0.5, 0.6) is 5.75 Å². The Morgan fingerprint density at radius 3 is 2.71 bits per heavy atom. The summed E-state index contributed by atoms with van der Waals surface area (Å²) >= 11 is 6.19. The molecule has 0 aliphatic carbocycles. The number of ether oxygens (including phenoxy) is 1. The fourth-order valence-corrected chi connectivity index (χ4v) is 3.26. The highest BCUT2D eigenvalue weighted by Gasteiger charge is 2.13. The van der Waals surface area contributed by atoms with Crippen molar-refractivity contribution in [1.29, 1.82) is 0 Å². The summed E-state index contributed by atoms with van der Waals surface area (Å²) in [6.45, 7) is 2.86. The standard InChI is InChI=1S/C24H22ClN3O3/c1-2-17-7-9-20(10-8-17)30-16-21-11-12-23(31-21)24(29)27-19-13-26-28(15-19)14-18-5-3-4-6-22(18)25/h3-13,15H,2,14,16H2,1H3,(H,27,29). The number of anilines is 1. The van der Waals surface area contributed by atoms with E-state index >= 15 is 0 Å². The van der Waals surface area contributed by atoms with Gasteiger partial charge in [0.2, 0.25) is 0 Å². The van der Waals surface area contributed by atoms with E-state index in [0.717, 1.165) is 17.7 Å². The highest BCUT2D eigenvalue weighted by Crippen LogP contribution is 2.18. The molecule has 7 heteroatoms. The average Bonchev–Trinajstić information content (AvgIpc) is 3.44. The third-order valence-electron chi connectivity index (χ3n) is 4.78. The van der Waals surface area contributed by atoms with E-state index in [2.05, 4.69) is 17.3 Å². The zero-order chi connectivity index (χ0) is 21.6. The Balaban J connectivity index is 1.32. The minimum Gasteiger partial charge on any atom is -0.486 e. The minimum absolute atomic E-state index is 0.207. The largest absolute Gasteiger partial charge is 0.486 e. The van der Waals surface area contributed by atoms with Gasteiger partial charge < -0.3 is 14.5 Å². The first-order valence-electron chi connectivity index (χ1n) is 9.98. The zero-order valence-corrected chi connectivity index (χ0v) is 17.8. The highest BCUT2D eigenvalue weighted by atomic mass is 35.5. The number of rotatable bonds is 8. The van der Waals surface area contributed by atoms with Gasteiger partial charge in [-0.25, -0.2) is 0 Å². The predicted octanol–water partition coefficient (Wildman–Crippen LogP) is 5.57. The van der Waals surface area contributed by atoms with Crippen molar-refractivity contribution in [2.24, 2.45) is 0 Å². The third-order valence-corrected chi connectivity index (χ3v) is 5.15. The second-order valence-corrected chi connectivity index (χ2v) is 7.43. The molecule has 2 heterocycles. The summed E-state index contributed by atoms with van der Waals surface area (Å²) < 4.78 is 13.1. The molecule has 4 aromatic rings. The van der Waals surface area contributed by atoms with Crippen LogP contribution in [0.2, 0.25) is 5.02 Å². The molecule has 0 radical (unpaired) electrons. The number of aromatic nitrogens is 2. The first-order valence-corrected chi connectivity index (χ1v) is 10.4. The van der Waals surface area contributed by atoms with Crippen molar-refractivity contribution in [2.75, 3.05) is 5.32 Å². The van der Waals surface area contributed by atoms with Gasteiger partial charge in [0, 0.05) is 11.2 Å². The number of furan rings is 1. The molecule has 2 aromatic carbocycles. The molecule has 31 heavy (non-hydrogen) atoms. The lowest BCUT2D eigenvalue weighted by Gasteiger charge is -2.05. The van der Waals surface area contributed by atoms with E-state index in [4.69, 9.17) is 20.8 Å². The van der Waals surface area contributed by atoms with Gasteiger partial charge >= 0.3 is 0 Å². The first-order chi connectivity index (χ1) is 15.1. The smallest absolute Gasteiger partial charge is 0.291 e. The van der Waals surface area contributed by atoms with Crippen LogP contribution in [0.15, 0.2) is 77.5 Å². The molecule has 2 aromatic heterocycles. The Morgan fingerprint density at radius 1 is 1.13 bits per heavy atom. The normalized spacial score (nSPS) is 10.8. The van der Waals surface area contributed by atoms with Crippen molar-refractivity contribution in [1.82, 2.24) is 9.78 Å². The van der Waals surface area contributed by atoms with Gasteiger partial charge in [0.15, 0.2) is 5.76 Å². The maximum atomic E-state index is 12.5. The van der Waals surface area contributed by atoms with Gasteiger partial charge in [0.1, 0.15) is 18.1 Å². The molecule has 6 nitrogen and oxygen atoms in total. The number of hydrogen-bond donors (Lipinski definition) is 1. The number of benzene rings is 2. The second-order valence-electron chi connectivity index (χ2n) is 7.02. The van der Waals surface area contributed by atoms with Gasteiger partial charge in [-0.2, -0.15) is 5.10 Å². The van der Waals surface area contributed by atoms with E-state index in [0.29, 0.717) is 23.0 Å². The lowest BCUT2D eigenvalue weighted by Crippen LogP contribution is -2.10. The number of carbonyl (C=O) groups excluding carboxylic acids is 1. The van der Waals surface area contributed by atoms with Crippen molar-refractivity contribution in [3.05, 3.63) is 101 Å². The maximum absolute atomic E-state index is 12.5. The molecule has 4 rings (SSSR count). The van der Waals surface area contributed by atoms with Crippen LogP contribution in [0.25, 0.3) is 0 Å². The molecule has 0 unspecified atom stereocenters. The molecule has 1 N–H and O–H groups in total. The van der Waals surface area contributed by atoms with Crippen molar-refractivity contribution in [3.63, 3.8) is 0 Å². The number of aryl methyl sites for hydroxylation is 1. The summed E-state index contributed by atoms with van der Waals surface area (Å²) in [5.41, 5.74) is 2.77. The highest BCUT2D eigenvalue weighted by molar-refractivity contribution is 6.31. The molecular formula is C24H22ClN3O3. The number of amides is 1. The third kappa shape index (κ3) is 5.35. The number of nitrogens with zero attached hydrogens (tertiary/aromatic N) is 2. The van der Waals surface area contributed by atoms with E-state index in [1.807, 2.05) is 48.5 Å². The zero-order valence-electron chi connectivity index (χ0n) is 17.0. The average molecular weight is 436 g/mol. The van der Waals surface area contributed by atoms with E-state index in [1.165, 1.54) is 5.56 Å². The van der Waals surface area contributed by atoms with Crippen LogP contribution >= 0.6 is 11.6 Å². The molecule has 0 fully saturated rings. The van der Waals surface area contributed by atoms with Crippen LogP contribution < -0.4 is 10.1 Å². The molecule has 0 spiro atoms. The summed E-state index contributed by atoms with van der Waals surface area (Å²) in [4.78, 5) is 12.5. The van der Waals surface area contributed by atoms with Crippen LogP contribution in [-0.4, -0.2) is 15.7 Å². The van der Waals surface area contributed by atoms with Crippen LogP contribution in [-0.2, 0) is 19.6 Å². The Bertz CT molecular complexity index is 1160. The molecule has 0 atom stereocenters. The van der Waals surface area contributed by atoms with E-state index in [1.54, 1.807) is 29.2 Å². The molecule has 0 bridgehead atoms. The van der Waals surface area contributed by atoms with Crippen molar-refractivity contribution in [2.45, 2.75) is 26.5 Å². The molecule has 158 valence electrons. The maximum Gasteiger partial charge on any atom is 0.291 e. The van der Waals surface area contributed by atoms with Crippen LogP contribution in [0.1, 0.15) is 34.4 Å². The quantitative estimate of drug-likeness (QED) is 0.392. The van der Waals surface area contributed by atoms with Crippen molar-refractivity contribution < 1.29 is 13.9 Å². The molecule has 0 saturated heterocycles. The Morgan fingerprint density at radius 2 is 1.94 bits per heavy atom. The van der Waals surface area contributed by atoms with Gasteiger partial charge in [-0.05, 0) is 47.9 Å². The Kier molecular flexibility index (Phi) is 6.38. The van der Waals surface area contributed by atoms with Crippen molar-refractivity contribution in [3.8, 4) is 5.75 Å². The molecular weight excluding hydrogens is 414 g/mol. The lowest BCUT2D eigenvalue weighted by atomic mass is 10.2. The van der Waals surface area contributed by atoms with E-state index in [9.17, 15) is 4.79 Å². The number of carbonyl (C=O) groups is 1. The van der Waals surface area contributed by atoms with Gasteiger partial charge in [0.05, 0.1) is 18.4 Å².